The number of halogens is 1. The summed E-state index contributed by atoms with van der Waals surface area (Å²) in [4.78, 5) is 8.61. The summed E-state index contributed by atoms with van der Waals surface area (Å²) in [6, 6.07) is 6.08. The van der Waals surface area contributed by atoms with Crippen LogP contribution in [0.5, 0.6) is 0 Å². The van der Waals surface area contributed by atoms with E-state index in [1.54, 1.807) is 6.92 Å². The number of aryl methyl sites for hydroxylation is 3. The largest absolute Gasteiger partial charge is 0.368 e. The van der Waals surface area contributed by atoms with E-state index in [1.807, 2.05) is 32.9 Å². The van der Waals surface area contributed by atoms with Crippen molar-refractivity contribution in [3.8, 4) is 11.4 Å². The van der Waals surface area contributed by atoms with Gasteiger partial charge in [0.2, 0.25) is 0 Å². The second-order valence-electron chi connectivity index (χ2n) is 5.04. The van der Waals surface area contributed by atoms with Crippen LogP contribution in [-0.4, -0.2) is 16.5 Å². The van der Waals surface area contributed by atoms with Crippen molar-refractivity contribution in [3.63, 3.8) is 0 Å². The summed E-state index contributed by atoms with van der Waals surface area (Å²) in [5.41, 5.74) is 3.60. The maximum absolute atomic E-state index is 14.0. The molecule has 2 rings (SSSR count). The molecule has 0 amide bonds. The first-order chi connectivity index (χ1) is 9.52. The summed E-state index contributed by atoms with van der Waals surface area (Å²) in [7, 11) is 0. The van der Waals surface area contributed by atoms with Gasteiger partial charge in [-0.1, -0.05) is 30.7 Å². The Kier molecular flexibility index (Phi) is 4.32. The van der Waals surface area contributed by atoms with Crippen LogP contribution in [0.4, 0.5) is 10.2 Å². The van der Waals surface area contributed by atoms with Gasteiger partial charge in [0, 0.05) is 12.1 Å². The summed E-state index contributed by atoms with van der Waals surface area (Å²) in [5.74, 6) is 0.487. The highest BCUT2D eigenvalue weighted by Crippen LogP contribution is 2.24. The predicted molar refractivity (Wildman–Crippen MR) is 80.4 cm³/mol. The maximum atomic E-state index is 14.0. The Balaban J connectivity index is 2.48. The van der Waals surface area contributed by atoms with E-state index in [0.717, 1.165) is 17.5 Å². The molecule has 0 saturated carbocycles. The van der Waals surface area contributed by atoms with E-state index in [9.17, 15) is 4.39 Å². The van der Waals surface area contributed by atoms with Crippen molar-refractivity contribution in [2.75, 3.05) is 11.9 Å². The van der Waals surface area contributed by atoms with Crippen molar-refractivity contribution in [3.05, 3.63) is 40.8 Å². The molecule has 0 aliphatic rings. The number of hydrogen-bond donors (Lipinski definition) is 1. The fourth-order valence-corrected chi connectivity index (χ4v) is 2.10. The van der Waals surface area contributed by atoms with Gasteiger partial charge in [0.25, 0.3) is 0 Å². The zero-order chi connectivity index (χ0) is 14.7. The van der Waals surface area contributed by atoms with Crippen LogP contribution in [0.25, 0.3) is 11.4 Å². The Morgan fingerprint density at radius 1 is 1.15 bits per heavy atom. The number of anilines is 1. The van der Waals surface area contributed by atoms with Gasteiger partial charge in [0.15, 0.2) is 17.5 Å². The monoisotopic (exact) mass is 273 g/mol. The smallest absolute Gasteiger partial charge is 0.186 e. The maximum Gasteiger partial charge on any atom is 0.186 e. The van der Waals surface area contributed by atoms with Gasteiger partial charge >= 0.3 is 0 Å². The number of rotatable bonds is 4. The van der Waals surface area contributed by atoms with Crippen LogP contribution in [0.15, 0.2) is 18.2 Å². The molecular formula is C16H20FN3. The first kappa shape index (κ1) is 14.4. The molecule has 1 aromatic carbocycles. The lowest BCUT2D eigenvalue weighted by atomic mass is 10.1. The van der Waals surface area contributed by atoms with Crippen molar-refractivity contribution in [2.45, 2.75) is 34.1 Å². The molecule has 2 aromatic rings. The standard InChI is InChI=1S/C16H20FN3/c1-5-8-18-16-14(17)12(4)19-15(20-16)13-7-6-10(2)9-11(13)3/h6-7,9H,5,8H2,1-4H3,(H,18,19,20). The Morgan fingerprint density at radius 3 is 2.55 bits per heavy atom. The normalized spacial score (nSPS) is 10.7. The van der Waals surface area contributed by atoms with Crippen molar-refractivity contribution >= 4 is 5.82 Å². The third-order valence-electron chi connectivity index (χ3n) is 3.18. The summed E-state index contributed by atoms with van der Waals surface area (Å²) in [6.07, 6.45) is 0.918. The van der Waals surface area contributed by atoms with Crippen molar-refractivity contribution < 1.29 is 4.39 Å². The molecule has 0 radical (unpaired) electrons. The van der Waals surface area contributed by atoms with Crippen LogP contribution < -0.4 is 5.32 Å². The second kappa shape index (κ2) is 5.99. The topological polar surface area (TPSA) is 37.8 Å². The summed E-state index contributed by atoms with van der Waals surface area (Å²) < 4.78 is 14.0. The van der Waals surface area contributed by atoms with Gasteiger partial charge in [-0.15, -0.1) is 0 Å². The van der Waals surface area contributed by atoms with Crippen LogP contribution in [0, 0.1) is 26.6 Å². The third-order valence-corrected chi connectivity index (χ3v) is 3.18. The van der Waals surface area contributed by atoms with E-state index < -0.39 is 0 Å². The zero-order valence-corrected chi connectivity index (χ0v) is 12.4. The van der Waals surface area contributed by atoms with Gasteiger partial charge in [-0.3, -0.25) is 0 Å². The zero-order valence-electron chi connectivity index (χ0n) is 12.4. The van der Waals surface area contributed by atoms with Gasteiger partial charge in [-0.05, 0) is 32.8 Å². The van der Waals surface area contributed by atoms with Crippen molar-refractivity contribution in [1.29, 1.82) is 0 Å². The number of benzene rings is 1. The van der Waals surface area contributed by atoms with E-state index in [4.69, 9.17) is 0 Å². The third kappa shape index (κ3) is 2.95. The quantitative estimate of drug-likeness (QED) is 0.914. The molecule has 20 heavy (non-hydrogen) atoms. The van der Waals surface area contributed by atoms with E-state index in [2.05, 4.69) is 21.4 Å². The molecule has 0 bridgehead atoms. The van der Waals surface area contributed by atoms with Crippen LogP contribution in [0.2, 0.25) is 0 Å². The average molecular weight is 273 g/mol. The highest BCUT2D eigenvalue weighted by Gasteiger charge is 2.13. The van der Waals surface area contributed by atoms with E-state index >= 15 is 0 Å². The van der Waals surface area contributed by atoms with Crippen LogP contribution in [0.3, 0.4) is 0 Å². The molecule has 0 unspecified atom stereocenters. The van der Waals surface area contributed by atoms with E-state index in [-0.39, 0.29) is 11.6 Å². The minimum absolute atomic E-state index is 0.286. The molecule has 0 fully saturated rings. The minimum atomic E-state index is -0.369. The molecule has 3 nitrogen and oxygen atoms in total. The van der Waals surface area contributed by atoms with Crippen molar-refractivity contribution in [1.82, 2.24) is 9.97 Å². The number of aromatic nitrogens is 2. The predicted octanol–water partition coefficient (Wildman–Crippen LogP) is 4.03. The molecule has 4 heteroatoms. The molecule has 1 aromatic heterocycles. The highest BCUT2D eigenvalue weighted by atomic mass is 19.1. The lowest BCUT2D eigenvalue weighted by molar-refractivity contribution is 0.605. The first-order valence-electron chi connectivity index (χ1n) is 6.88. The van der Waals surface area contributed by atoms with Crippen LogP contribution in [-0.2, 0) is 0 Å². The number of nitrogens with one attached hydrogen (secondary N) is 1. The van der Waals surface area contributed by atoms with Crippen LogP contribution in [0.1, 0.15) is 30.2 Å². The second-order valence-corrected chi connectivity index (χ2v) is 5.04. The van der Waals surface area contributed by atoms with E-state index in [0.29, 0.717) is 18.1 Å². The fourth-order valence-electron chi connectivity index (χ4n) is 2.10. The summed E-state index contributed by atoms with van der Waals surface area (Å²) in [5, 5.41) is 3.02. The van der Waals surface area contributed by atoms with Gasteiger partial charge < -0.3 is 5.32 Å². The molecule has 0 atom stereocenters. The molecule has 0 spiro atoms. The Labute approximate surface area is 119 Å². The Hall–Kier alpha value is -1.97. The number of nitrogens with zero attached hydrogens (tertiary/aromatic N) is 2. The van der Waals surface area contributed by atoms with Gasteiger partial charge in [-0.2, -0.15) is 0 Å². The Morgan fingerprint density at radius 2 is 1.90 bits per heavy atom. The molecule has 0 aliphatic carbocycles. The molecule has 1 N–H and O–H groups in total. The first-order valence-corrected chi connectivity index (χ1v) is 6.88. The van der Waals surface area contributed by atoms with Crippen molar-refractivity contribution in [2.24, 2.45) is 0 Å². The number of hydrogen-bond acceptors (Lipinski definition) is 3. The highest BCUT2D eigenvalue weighted by molar-refractivity contribution is 5.62. The SMILES string of the molecule is CCCNc1nc(-c2ccc(C)cc2C)nc(C)c1F. The van der Waals surface area contributed by atoms with Gasteiger partial charge in [-0.25, -0.2) is 14.4 Å². The summed E-state index contributed by atoms with van der Waals surface area (Å²) in [6.45, 7) is 8.45. The van der Waals surface area contributed by atoms with Gasteiger partial charge in [0.05, 0.1) is 5.69 Å². The average Bonchev–Trinajstić information content (AvgIpc) is 2.40. The molecule has 1 heterocycles. The molecular weight excluding hydrogens is 253 g/mol. The fraction of sp³-hybridized carbons (Fsp3) is 0.375. The lowest BCUT2D eigenvalue weighted by Gasteiger charge is -2.11. The van der Waals surface area contributed by atoms with Gasteiger partial charge in [0.1, 0.15) is 0 Å². The minimum Gasteiger partial charge on any atom is -0.368 e. The summed E-state index contributed by atoms with van der Waals surface area (Å²) >= 11 is 0. The van der Waals surface area contributed by atoms with Crippen LogP contribution >= 0.6 is 0 Å². The molecule has 0 aliphatic heterocycles. The molecule has 0 saturated heterocycles. The molecule has 106 valence electrons. The lowest BCUT2D eigenvalue weighted by Crippen LogP contribution is -2.08. The van der Waals surface area contributed by atoms with E-state index in [1.165, 1.54) is 5.56 Å². The Bertz CT molecular complexity index is 623.